The van der Waals surface area contributed by atoms with E-state index in [1.807, 2.05) is 13.0 Å². The van der Waals surface area contributed by atoms with Crippen molar-refractivity contribution >= 4 is 5.91 Å². The maximum absolute atomic E-state index is 12.1. The van der Waals surface area contributed by atoms with Crippen LogP contribution in [0.1, 0.15) is 30.9 Å². The van der Waals surface area contributed by atoms with Crippen LogP contribution >= 0.6 is 0 Å². The molecule has 0 bridgehead atoms. The van der Waals surface area contributed by atoms with Crippen LogP contribution in [0.2, 0.25) is 0 Å². The Kier molecular flexibility index (Phi) is 4.37. The zero-order valence-corrected chi connectivity index (χ0v) is 10.9. The number of fused-ring (bicyclic) bond motifs is 1. The molecular weight excluding hydrogens is 226 g/mol. The van der Waals surface area contributed by atoms with E-state index in [1.165, 1.54) is 11.1 Å². The van der Waals surface area contributed by atoms with Crippen LogP contribution < -0.4 is 5.32 Å². The highest BCUT2D eigenvalue weighted by Gasteiger charge is 2.24. The molecule has 98 valence electrons. The highest BCUT2D eigenvalue weighted by atomic mass is 16.3. The summed E-state index contributed by atoms with van der Waals surface area (Å²) in [7, 11) is 0. The number of nitrogens with one attached hydrogen (secondary N) is 1. The first kappa shape index (κ1) is 13.1. The number of carbonyl (C=O) groups excluding carboxylic acids is 1. The van der Waals surface area contributed by atoms with Gasteiger partial charge in [-0.15, -0.1) is 0 Å². The monoisotopic (exact) mass is 247 g/mol. The van der Waals surface area contributed by atoms with Crippen molar-refractivity contribution in [1.82, 2.24) is 5.32 Å². The van der Waals surface area contributed by atoms with Crippen LogP contribution in [0.25, 0.3) is 0 Å². The fourth-order valence-corrected chi connectivity index (χ4v) is 2.55. The zero-order chi connectivity index (χ0) is 13.0. The number of amides is 1. The minimum atomic E-state index is 0.0553. The second kappa shape index (κ2) is 6.01. The van der Waals surface area contributed by atoms with Crippen LogP contribution in [-0.2, 0) is 17.6 Å². The lowest BCUT2D eigenvalue weighted by molar-refractivity contribution is -0.126. The van der Waals surface area contributed by atoms with E-state index in [2.05, 4.69) is 23.5 Å². The van der Waals surface area contributed by atoms with Crippen molar-refractivity contribution in [3.05, 3.63) is 35.4 Å². The Hall–Kier alpha value is -1.35. The molecular formula is C15H21NO2. The summed E-state index contributed by atoms with van der Waals surface area (Å²) in [6.07, 6.45) is 3.38. The standard InChI is InChI=1S/C15H21NO2/c1-11(8-9-17)16-15(18)14-7-6-12-4-2-3-5-13(12)10-14/h2-5,11,14,17H,6-10H2,1H3,(H,16,18). The Morgan fingerprint density at radius 2 is 2.17 bits per heavy atom. The Morgan fingerprint density at radius 1 is 1.44 bits per heavy atom. The van der Waals surface area contributed by atoms with Gasteiger partial charge < -0.3 is 10.4 Å². The third kappa shape index (κ3) is 3.10. The van der Waals surface area contributed by atoms with E-state index >= 15 is 0 Å². The fourth-order valence-electron chi connectivity index (χ4n) is 2.55. The molecule has 0 saturated carbocycles. The molecule has 1 aromatic rings. The van der Waals surface area contributed by atoms with Crippen LogP contribution in [0.5, 0.6) is 0 Å². The van der Waals surface area contributed by atoms with Crippen molar-refractivity contribution in [2.24, 2.45) is 5.92 Å². The molecule has 2 atom stereocenters. The maximum Gasteiger partial charge on any atom is 0.223 e. The Morgan fingerprint density at radius 3 is 2.89 bits per heavy atom. The first-order chi connectivity index (χ1) is 8.70. The number of benzene rings is 1. The van der Waals surface area contributed by atoms with Crippen LogP contribution in [-0.4, -0.2) is 23.7 Å². The summed E-state index contributed by atoms with van der Waals surface area (Å²) in [5.41, 5.74) is 2.68. The predicted molar refractivity (Wildman–Crippen MR) is 71.3 cm³/mol. The summed E-state index contributed by atoms with van der Waals surface area (Å²) < 4.78 is 0. The van der Waals surface area contributed by atoms with Crippen molar-refractivity contribution in [3.8, 4) is 0 Å². The fraction of sp³-hybridized carbons (Fsp3) is 0.533. The van der Waals surface area contributed by atoms with Crippen molar-refractivity contribution in [2.75, 3.05) is 6.61 Å². The van der Waals surface area contributed by atoms with E-state index < -0.39 is 0 Å². The van der Waals surface area contributed by atoms with Crippen molar-refractivity contribution in [1.29, 1.82) is 0 Å². The van der Waals surface area contributed by atoms with E-state index in [0.29, 0.717) is 6.42 Å². The van der Waals surface area contributed by atoms with Gasteiger partial charge in [0, 0.05) is 18.6 Å². The molecule has 1 aliphatic rings. The second-order valence-corrected chi connectivity index (χ2v) is 5.13. The van der Waals surface area contributed by atoms with Crippen molar-refractivity contribution in [2.45, 2.75) is 38.6 Å². The average Bonchev–Trinajstić information content (AvgIpc) is 2.38. The number of hydrogen-bond acceptors (Lipinski definition) is 2. The maximum atomic E-state index is 12.1. The van der Waals surface area contributed by atoms with Gasteiger partial charge in [-0.3, -0.25) is 4.79 Å². The summed E-state index contributed by atoms with van der Waals surface area (Å²) in [5, 5.41) is 11.8. The first-order valence-corrected chi connectivity index (χ1v) is 6.68. The molecule has 0 saturated heterocycles. The molecule has 3 nitrogen and oxygen atoms in total. The Bertz CT molecular complexity index is 417. The van der Waals surface area contributed by atoms with Crippen LogP contribution in [0.3, 0.4) is 0 Å². The van der Waals surface area contributed by atoms with Crippen molar-refractivity contribution in [3.63, 3.8) is 0 Å². The van der Waals surface area contributed by atoms with Gasteiger partial charge >= 0.3 is 0 Å². The quantitative estimate of drug-likeness (QED) is 0.850. The van der Waals surface area contributed by atoms with Crippen molar-refractivity contribution < 1.29 is 9.90 Å². The highest BCUT2D eigenvalue weighted by Crippen LogP contribution is 2.25. The first-order valence-electron chi connectivity index (χ1n) is 6.68. The molecule has 2 rings (SSSR count). The number of aryl methyl sites for hydroxylation is 1. The van der Waals surface area contributed by atoms with E-state index in [1.54, 1.807) is 0 Å². The zero-order valence-electron chi connectivity index (χ0n) is 10.9. The molecule has 3 heteroatoms. The average molecular weight is 247 g/mol. The minimum Gasteiger partial charge on any atom is -0.396 e. The smallest absolute Gasteiger partial charge is 0.223 e. The van der Waals surface area contributed by atoms with Gasteiger partial charge in [-0.05, 0) is 43.7 Å². The molecule has 0 aliphatic heterocycles. The number of carbonyl (C=O) groups is 1. The van der Waals surface area contributed by atoms with E-state index in [-0.39, 0.29) is 24.5 Å². The van der Waals surface area contributed by atoms with Gasteiger partial charge in [-0.25, -0.2) is 0 Å². The summed E-state index contributed by atoms with van der Waals surface area (Å²) >= 11 is 0. The molecule has 0 spiro atoms. The van der Waals surface area contributed by atoms with Crippen LogP contribution in [0.4, 0.5) is 0 Å². The van der Waals surface area contributed by atoms with Gasteiger partial charge in [0.1, 0.15) is 0 Å². The lowest BCUT2D eigenvalue weighted by atomic mass is 9.83. The van der Waals surface area contributed by atoms with Crippen LogP contribution in [0.15, 0.2) is 24.3 Å². The molecule has 1 aliphatic carbocycles. The minimum absolute atomic E-state index is 0.0553. The Labute approximate surface area is 108 Å². The summed E-state index contributed by atoms with van der Waals surface area (Å²) in [6.45, 7) is 2.06. The topological polar surface area (TPSA) is 49.3 Å². The summed E-state index contributed by atoms with van der Waals surface area (Å²) in [4.78, 5) is 12.1. The van der Waals surface area contributed by atoms with Crippen LogP contribution in [0, 0.1) is 5.92 Å². The van der Waals surface area contributed by atoms with E-state index in [0.717, 1.165) is 19.3 Å². The predicted octanol–water partition coefficient (Wildman–Crippen LogP) is 1.68. The second-order valence-electron chi connectivity index (χ2n) is 5.13. The lowest BCUT2D eigenvalue weighted by Crippen LogP contribution is -2.39. The van der Waals surface area contributed by atoms with Gasteiger partial charge in [-0.2, -0.15) is 0 Å². The number of aliphatic hydroxyl groups excluding tert-OH is 1. The largest absolute Gasteiger partial charge is 0.396 e. The molecule has 0 fully saturated rings. The number of rotatable bonds is 4. The molecule has 1 amide bonds. The molecule has 0 radical (unpaired) electrons. The van der Waals surface area contributed by atoms with Gasteiger partial charge in [0.05, 0.1) is 0 Å². The summed E-state index contributed by atoms with van der Waals surface area (Å²) in [6, 6.07) is 8.42. The molecule has 18 heavy (non-hydrogen) atoms. The van der Waals surface area contributed by atoms with Gasteiger partial charge in [0.25, 0.3) is 0 Å². The van der Waals surface area contributed by atoms with E-state index in [9.17, 15) is 4.79 Å². The molecule has 0 aromatic heterocycles. The number of hydrogen-bond donors (Lipinski definition) is 2. The van der Waals surface area contributed by atoms with Gasteiger partial charge in [0.15, 0.2) is 0 Å². The van der Waals surface area contributed by atoms with Gasteiger partial charge in [-0.1, -0.05) is 24.3 Å². The molecule has 2 unspecified atom stereocenters. The SMILES string of the molecule is CC(CCO)NC(=O)C1CCc2ccccc2C1. The lowest BCUT2D eigenvalue weighted by Gasteiger charge is -2.25. The van der Waals surface area contributed by atoms with E-state index in [4.69, 9.17) is 5.11 Å². The Balaban J connectivity index is 1.94. The third-order valence-corrected chi connectivity index (χ3v) is 3.67. The number of aliphatic hydroxyl groups is 1. The molecule has 2 N–H and O–H groups in total. The highest BCUT2D eigenvalue weighted by molar-refractivity contribution is 5.79. The molecule has 0 heterocycles. The summed E-state index contributed by atoms with van der Waals surface area (Å²) in [5.74, 6) is 0.214. The molecule has 1 aromatic carbocycles. The van der Waals surface area contributed by atoms with Gasteiger partial charge in [0.2, 0.25) is 5.91 Å². The normalized spacial score (nSPS) is 20.0. The third-order valence-electron chi connectivity index (χ3n) is 3.67.